The Morgan fingerprint density at radius 2 is 2.00 bits per heavy atom. The Hall–Kier alpha value is -1.61. The van der Waals surface area contributed by atoms with Gasteiger partial charge in [-0.15, -0.1) is 0 Å². The molecule has 3 nitrogen and oxygen atoms in total. The van der Waals surface area contributed by atoms with Crippen molar-refractivity contribution in [3.63, 3.8) is 0 Å². The topological polar surface area (TPSA) is 30.7 Å². The number of halogens is 1. The number of hydrogen-bond donors (Lipinski definition) is 0. The van der Waals surface area contributed by atoms with Crippen LogP contribution in [0.15, 0.2) is 18.2 Å². The minimum Gasteiger partial charge on any atom is -0.250 e. The highest BCUT2D eigenvalue weighted by Gasteiger charge is 2.13. The highest BCUT2D eigenvalue weighted by Crippen LogP contribution is 2.32. The summed E-state index contributed by atoms with van der Waals surface area (Å²) in [5.74, 6) is 0. The van der Waals surface area contributed by atoms with Gasteiger partial charge in [0.1, 0.15) is 0 Å². The summed E-state index contributed by atoms with van der Waals surface area (Å²) in [4.78, 5) is 4.62. The van der Waals surface area contributed by atoms with E-state index in [0.717, 1.165) is 32.7 Å². The van der Waals surface area contributed by atoms with Crippen LogP contribution in [0, 0.1) is 13.8 Å². The molecule has 0 atom stereocenters. The quantitative estimate of drug-likeness (QED) is 0.608. The van der Waals surface area contributed by atoms with Crippen molar-refractivity contribution in [1.82, 2.24) is 14.8 Å². The van der Waals surface area contributed by atoms with Gasteiger partial charge in [0.2, 0.25) is 0 Å². The predicted octanol–water partition coefficient (Wildman–Crippen LogP) is 3.39. The minimum atomic E-state index is 0.749. The maximum Gasteiger partial charge on any atom is 0.159 e. The Kier molecular flexibility index (Phi) is 2.13. The third kappa shape index (κ3) is 1.42. The van der Waals surface area contributed by atoms with Gasteiger partial charge in [-0.1, -0.05) is 23.2 Å². The molecule has 0 aliphatic carbocycles. The molecular formula is C13H12ClN3. The maximum absolute atomic E-state index is 6.47. The lowest BCUT2D eigenvalue weighted by molar-refractivity contribution is 0.775. The van der Waals surface area contributed by atoms with Crippen molar-refractivity contribution < 1.29 is 0 Å². The first-order valence-corrected chi connectivity index (χ1v) is 5.85. The first-order valence-electron chi connectivity index (χ1n) is 5.47. The third-order valence-electron chi connectivity index (χ3n) is 3.03. The maximum atomic E-state index is 6.47. The number of rotatable bonds is 0. The molecule has 86 valence electrons. The molecule has 0 bridgehead atoms. The SMILES string of the molecule is Cc1ccc2nc3c(c(C)nn3C)c(Cl)c2c1. The van der Waals surface area contributed by atoms with Crippen molar-refractivity contribution in [1.29, 1.82) is 0 Å². The summed E-state index contributed by atoms with van der Waals surface area (Å²) in [7, 11) is 1.89. The van der Waals surface area contributed by atoms with Crippen LogP contribution in [0.2, 0.25) is 5.02 Å². The molecule has 4 heteroatoms. The van der Waals surface area contributed by atoms with Gasteiger partial charge in [0.05, 0.1) is 21.6 Å². The molecule has 3 rings (SSSR count). The largest absolute Gasteiger partial charge is 0.250 e. The van der Waals surface area contributed by atoms with E-state index in [9.17, 15) is 0 Å². The fourth-order valence-corrected chi connectivity index (χ4v) is 2.58. The smallest absolute Gasteiger partial charge is 0.159 e. The van der Waals surface area contributed by atoms with E-state index in [-0.39, 0.29) is 0 Å². The van der Waals surface area contributed by atoms with Crippen molar-refractivity contribution >= 4 is 33.5 Å². The van der Waals surface area contributed by atoms with Crippen LogP contribution in [-0.4, -0.2) is 14.8 Å². The number of pyridine rings is 1. The van der Waals surface area contributed by atoms with Crippen LogP contribution in [0.3, 0.4) is 0 Å². The predicted molar refractivity (Wildman–Crippen MR) is 70.5 cm³/mol. The van der Waals surface area contributed by atoms with Gasteiger partial charge in [-0.3, -0.25) is 4.68 Å². The van der Waals surface area contributed by atoms with Crippen LogP contribution in [0.4, 0.5) is 0 Å². The Morgan fingerprint density at radius 1 is 1.24 bits per heavy atom. The Morgan fingerprint density at radius 3 is 2.76 bits per heavy atom. The zero-order chi connectivity index (χ0) is 12.2. The molecule has 2 aromatic heterocycles. The fourth-order valence-electron chi connectivity index (χ4n) is 2.20. The summed E-state index contributed by atoms with van der Waals surface area (Å²) in [6.07, 6.45) is 0. The van der Waals surface area contributed by atoms with Crippen molar-refractivity contribution in [3.8, 4) is 0 Å². The van der Waals surface area contributed by atoms with Crippen molar-refractivity contribution in [2.45, 2.75) is 13.8 Å². The summed E-state index contributed by atoms with van der Waals surface area (Å²) in [5.41, 5.74) is 3.85. The van der Waals surface area contributed by atoms with E-state index < -0.39 is 0 Å². The molecule has 0 spiro atoms. The number of nitrogens with zero attached hydrogens (tertiary/aromatic N) is 3. The Balaban J connectivity index is 2.59. The fraction of sp³-hybridized carbons (Fsp3) is 0.231. The molecule has 0 radical (unpaired) electrons. The van der Waals surface area contributed by atoms with Crippen molar-refractivity contribution in [3.05, 3.63) is 34.5 Å². The second-order valence-corrected chi connectivity index (χ2v) is 4.73. The second-order valence-electron chi connectivity index (χ2n) is 4.35. The molecule has 17 heavy (non-hydrogen) atoms. The first-order chi connectivity index (χ1) is 8.08. The number of benzene rings is 1. The molecule has 0 aliphatic rings. The van der Waals surface area contributed by atoms with Crippen LogP contribution in [0.1, 0.15) is 11.3 Å². The summed E-state index contributed by atoms with van der Waals surface area (Å²) in [6, 6.07) is 6.11. The third-order valence-corrected chi connectivity index (χ3v) is 3.42. The molecule has 0 amide bonds. The number of hydrogen-bond acceptors (Lipinski definition) is 2. The Labute approximate surface area is 104 Å². The van der Waals surface area contributed by atoms with Gasteiger partial charge >= 0.3 is 0 Å². The van der Waals surface area contributed by atoms with E-state index >= 15 is 0 Å². The zero-order valence-corrected chi connectivity index (χ0v) is 10.7. The van der Waals surface area contributed by atoms with E-state index in [0.29, 0.717) is 0 Å². The van der Waals surface area contributed by atoms with Crippen LogP contribution in [0.5, 0.6) is 0 Å². The molecule has 0 saturated carbocycles. The highest BCUT2D eigenvalue weighted by atomic mass is 35.5. The molecule has 3 aromatic rings. The standard InChI is InChI=1S/C13H12ClN3/c1-7-4-5-10-9(6-7)12(14)11-8(2)16-17(3)13(11)15-10/h4-6H,1-3H3. The van der Waals surface area contributed by atoms with Gasteiger partial charge in [-0.05, 0) is 26.0 Å². The second kappa shape index (κ2) is 3.44. The monoisotopic (exact) mass is 245 g/mol. The lowest BCUT2D eigenvalue weighted by Crippen LogP contribution is -1.92. The first kappa shape index (κ1) is 10.5. The molecule has 0 fully saturated rings. The van der Waals surface area contributed by atoms with Gasteiger partial charge in [0.25, 0.3) is 0 Å². The zero-order valence-electron chi connectivity index (χ0n) is 9.95. The van der Waals surface area contributed by atoms with Crippen LogP contribution in [0.25, 0.3) is 21.9 Å². The van der Waals surface area contributed by atoms with Gasteiger partial charge in [0, 0.05) is 12.4 Å². The normalized spacial score (nSPS) is 11.5. The summed E-state index contributed by atoms with van der Waals surface area (Å²) in [5, 5.41) is 7.06. The molecule has 0 N–H and O–H groups in total. The minimum absolute atomic E-state index is 0.749. The molecule has 0 unspecified atom stereocenters. The van der Waals surface area contributed by atoms with Crippen LogP contribution in [-0.2, 0) is 7.05 Å². The van der Waals surface area contributed by atoms with E-state index in [2.05, 4.69) is 23.1 Å². The van der Waals surface area contributed by atoms with E-state index in [1.807, 2.05) is 26.1 Å². The number of aromatic nitrogens is 3. The van der Waals surface area contributed by atoms with E-state index in [4.69, 9.17) is 11.6 Å². The molecule has 1 aromatic carbocycles. The summed E-state index contributed by atoms with van der Waals surface area (Å²) in [6.45, 7) is 4.01. The van der Waals surface area contributed by atoms with Crippen LogP contribution < -0.4 is 0 Å². The van der Waals surface area contributed by atoms with E-state index in [1.165, 1.54) is 5.56 Å². The lowest BCUT2D eigenvalue weighted by Gasteiger charge is -2.04. The highest BCUT2D eigenvalue weighted by molar-refractivity contribution is 6.40. The van der Waals surface area contributed by atoms with Crippen molar-refractivity contribution in [2.75, 3.05) is 0 Å². The molecular weight excluding hydrogens is 234 g/mol. The van der Waals surface area contributed by atoms with Gasteiger partial charge in [-0.25, -0.2) is 4.98 Å². The number of fused-ring (bicyclic) bond motifs is 2. The van der Waals surface area contributed by atoms with Gasteiger partial charge in [0.15, 0.2) is 5.65 Å². The summed E-state index contributed by atoms with van der Waals surface area (Å²) >= 11 is 6.47. The van der Waals surface area contributed by atoms with Gasteiger partial charge in [-0.2, -0.15) is 5.10 Å². The van der Waals surface area contributed by atoms with E-state index in [1.54, 1.807) is 4.68 Å². The van der Waals surface area contributed by atoms with Gasteiger partial charge < -0.3 is 0 Å². The average Bonchev–Trinajstić information content (AvgIpc) is 2.56. The average molecular weight is 246 g/mol. The van der Waals surface area contributed by atoms with Crippen molar-refractivity contribution in [2.24, 2.45) is 7.05 Å². The summed E-state index contributed by atoms with van der Waals surface area (Å²) < 4.78 is 1.77. The molecule has 2 heterocycles. The molecule has 0 saturated heterocycles. The number of aryl methyl sites for hydroxylation is 3. The van der Waals surface area contributed by atoms with Crippen LogP contribution >= 0.6 is 11.6 Å². The Bertz CT molecular complexity index is 743. The molecule has 0 aliphatic heterocycles. The lowest BCUT2D eigenvalue weighted by atomic mass is 10.1.